The monoisotopic (exact) mass is 300 g/mol. The molecule has 1 saturated heterocycles. The van der Waals surface area contributed by atoms with Gasteiger partial charge in [-0.25, -0.2) is 0 Å². The van der Waals surface area contributed by atoms with Crippen LogP contribution in [0.25, 0.3) is 0 Å². The molecule has 0 spiro atoms. The first-order valence-corrected chi connectivity index (χ1v) is 9.17. The molecule has 0 aromatic rings. The highest BCUT2D eigenvalue weighted by molar-refractivity contribution is 7.98. The van der Waals surface area contributed by atoms with Crippen molar-refractivity contribution in [2.75, 3.05) is 44.9 Å². The SMILES string of the molecule is CSCC(C)C(=O)NCC1(N2CCOCC2)CCCC1. The van der Waals surface area contributed by atoms with E-state index in [0.717, 1.165) is 38.6 Å². The second-order valence-corrected chi connectivity index (χ2v) is 7.02. The van der Waals surface area contributed by atoms with Crippen molar-refractivity contribution >= 4 is 17.7 Å². The molecule has 2 rings (SSSR count). The van der Waals surface area contributed by atoms with E-state index in [1.807, 2.05) is 6.92 Å². The molecule has 0 radical (unpaired) electrons. The number of amides is 1. The molecule has 1 heterocycles. The third-order valence-electron chi connectivity index (χ3n) is 4.67. The average molecular weight is 300 g/mol. The van der Waals surface area contributed by atoms with E-state index in [2.05, 4.69) is 16.5 Å². The Morgan fingerprint density at radius 3 is 2.60 bits per heavy atom. The van der Waals surface area contributed by atoms with Crippen LogP contribution in [-0.2, 0) is 9.53 Å². The van der Waals surface area contributed by atoms with Gasteiger partial charge in [0.15, 0.2) is 0 Å². The van der Waals surface area contributed by atoms with Crippen LogP contribution in [0.15, 0.2) is 0 Å². The fourth-order valence-corrected chi connectivity index (χ4v) is 4.08. The zero-order chi connectivity index (χ0) is 14.4. The maximum Gasteiger partial charge on any atom is 0.223 e. The second kappa shape index (κ2) is 7.66. The lowest BCUT2D eigenvalue weighted by molar-refractivity contribution is -0.124. The van der Waals surface area contributed by atoms with Crippen LogP contribution in [0, 0.1) is 5.92 Å². The topological polar surface area (TPSA) is 41.6 Å². The van der Waals surface area contributed by atoms with Gasteiger partial charge in [0.25, 0.3) is 0 Å². The normalized spacial score (nSPS) is 24.5. The summed E-state index contributed by atoms with van der Waals surface area (Å²) in [5, 5.41) is 3.21. The van der Waals surface area contributed by atoms with Gasteiger partial charge in [-0.2, -0.15) is 11.8 Å². The van der Waals surface area contributed by atoms with Gasteiger partial charge in [0, 0.05) is 36.8 Å². The Kier molecular flexibility index (Phi) is 6.18. The Balaban J connectivity index is 1.90. The number of nitrogens with zero attached hydrogens (tertiary/aromatic N) is 1. The van der Waals surface area contributed by atoms with Crippen LogP contribution in [0.5, 0.6) is 0 Å². The third kappa shape index (κ3) is 3.89. The Bertz CT molecular complexity index is 313. The van der Waals surface area contributed by atoms with E-state index in [-0.39, 0.29) is 17.4 Å². The van der Waals surface area contributed by atoms with Gasteiger partial charge in [-0.3, -0.25) is 9.69 Å². The van der Waals surface area contributed by atoms with E-state index in [4.69, 9.17) is 4.74 Å². The molecule has 0 aromatic heterocycles. The van der Waals surface area contributed by atoms with Gasteiger partial charge >= 0.3 is 0 Å². The smallest absolute Gasteiger partial charge is 0.223 e. The molecule has 0 bridgehead atoms. The van der Waals surface area contributed by atoms with Gasteiger partial charge in [-0.15, -0.1) is 0 Å². The van der Waals surface area contributed by atoms with Crippen LogP contribution >= 0.6 is 11.8 Å². The molecule has 2 fully saturated rings. The summed E-state index contributed by atoms with van der Waals surface area (Å²) in [6.07, 6.45) is 7.05. The number of ether oxygens (including phenoxy) is 1. The summed E-state index contributed by atoms with van der Waals surface area (Å²) in [4.78, 5) is 14.7. The fraction of sp³-hybridized carbons (Fsp3) is 0.933. The van der Waals surface area contributed by atoms with Gasteiger partial charge in [-0.05, 0) is 19.1 Å². The van der Waals surface area contributed by atoms with Gasteiger partial charge < -0.3 is 10.1 Å². The summed E-state index contributed by atoms with van der Waals surface area (Å²) >= 11 is 1.74. The lowest BCUT2D eigenvalue weighted by Gasteiger charge is -2.43. The number of thioether (sulfide) groups is 1. The first-order chi connectivity index (χ1) is 9.68. The molecule has 4 nitrogen and oxygen atoms in total. The lowest BCUT2D eigenvalue weighted by atomic mass is 9.94. The van der Waals surface area contributed by atoms with Crippen molar-refractivity contribution in [3.8, 4) is 0 Å². The number of hydrogen-bond donors (Lipinski definition) is 1. The van der Waals surface area contributed by atoms with Crippen molar-refractivity contribution < 1.29 is 9.53 Å². The van der Waals surface area contributed by atoms with Gasteiger partial charge in [0.1, 0.15) is 0 Å². The van der Waals surface area contributed by atoms with E-state index in [0.29, 0.717) is 0 Å². The van der Waals surface area contributed by atoms with E-state index < -0.39 is 0 Å². The van der Waals surface area contributed by atoms with Crippen LogP contribution in [0.1, 0.15) is 32.6 Å². The summed E-state index contributed by atoms with van der Waals surface area (Å²) in [5.74, 6) is 1.21. The highest BCUT2D eigenvalue weighted by atomic mass is 32.2. The van der Waals surface area contributed by atoms with E-state index in [1.54, 1.807) is 11.8 Å². The van der Waals surface area contributed by atoms with Crippen LogP contribution in [-0.4, -0.2) is 61.2 Å². The van der Waals surface area contributed by atoms with Crippen LogP contribution in [0.2, 0.25) is 0 Å². The first-order valence-electron chi connectivity index (χ1n) is 7.77. The summed E-state index contributed by atoms with van der Waals surface area (Å²) in [7, 11) is 0. The molecule has 1 N–H and O–H groups in total. The maximum absolute atomic E-state index is 12.1. The lowest BCUT2D eigenvalue weighted by Crippen LogP contribution is -2.57. The van der Waals surface area contributed by atoms with Crippen LogP contribution in [0.3, 0.4) is 0 Å². The van der Waals surface area contributed by atoms with Crippen LogP contribution < -0.4 is 5.32 Å². The highest BCUT2D eigenvalue weighted by Crippen LogP contribution is 2.35. The molecule has 1 saturated carbocycles. The van der Waals surface area contributed by atoms with Crippen molar-refractivity contribution in [3.63, 3.8) is 0 Å². The summed E-state index contributed by atoms with van der Waals surface area (Å²) in [6, 6.07) is 0. The number of carbonyl (C=O) groups is 1. The Labute approximate surface area is 127 Å². The summed E-state index contributed by atoms with van der Waals surface area (Å²) in [6.45, 7) is 6.51. The molecular formula is C15H28N2O2S. The number of hydrogen-bond acceptors (Lipinski definition) is 4. The number of rotatable bonds is 6. The second-order valence-electron chi connectivity index (χ2n) is 6.11. The van der Waals surface area contributed by atoms with Crippen molar-refractivity contribution in [2.24, 2.45) is 5.92 Å². The Morgan fingerprint density at radius 2 is 2.00 bits per heavy atom. The molecule has 1 unspecified atom stereocenters. The van der Waals surface area contributed by atoms with Gasteiger partial charge in [-0.1, -0.05) is 19.8 Å². The largest absolute Gasteiger partial charge is 0.379 e. The molecule has 1 aliphatic carbocycles. The number of nitrogens with one attached hydrogen (secondary N) is 1. The predicted molar refractivity (Wildman–Crippen MR) is 84.1 cm³/mol. The molecule has 2 aliphatic rings. The fourth-order valence-electron chi connectivity index (χ4n) is 3.43. The van der Waals surface area contributed by atoms with Crippen molar-refractivity contribution in [1.82, 2.24) is 10.2 Å². The molecule has 1 amide bonds. The van der Waals surface area contributed by atoms with E-state index in [1.165, 1.54) is 25.7 Å². The minimum Gasteiger partial charge on any atom is -0.379 e. The molecule has 0 aromatic carbocycles. The molecule has 1 atom stereocenters. The minimum atomic E-state index is 0.105. The van der Waals surface area contributed by atoms with Gasteiger partial charge in [0.2, 0.25) is 5.91 Å². The molecule has 5 heteroatoms. The zero-order valence-corrected chi connectivity index (χ0v) is 13.6. The zero-order valence-electron chi connectivity index (χ0n) is 12.8. The Morgan fingerprint density at radius 1 is 1.35 bits per heavy atom. The molecular weight excluding hydrogens is 272 g/mol. The van der Waals surface area contributed by atoms with Crippen molar-refractivity contribution in [1.29, 1.82) is 0 Å². The number of carbonyl (C=O) groups excluding carboxylic acids is 1. The van der Waals surface area contributed by atoms with E-state index in [9.17, 15) is 4.79 Å². The standard InChI is InChI=1S/C15H28N2O2S/c1-13(11-20-2)14(18)16-12-15(5-3-4-6-15)17-7-9-19-10-8-17/h13H,3-12H2,1-2H3,(H,16,18). The first kappa shape index (κ1) is 16.1. The summed E-state index contributed by atoms with van der Waals surface area (Å²) in [5.41, 5.74) is 0.193. The average Bonchev–Trinajstić information content (AvgIpc) is 2.96. The molecule has 20 heavy (non-hydrogen) atoms. The minimum absolute atomic E-state index is 0.105. The van der Waals surface area contributed by atoms with Crippen molar-refractivity contribution in [3.05, 3.63) is 0 Å². The molecule has 1 aliphatic heterocycles. The third-order valence-corrected chi connectivity index (χ3v) is 5.51. The van der Waals surface area contributed by atoms with Crippen LogP contribution in [0.4, 0.5) is 0 Å². The maximum atomic E-state index is 12.1. The Hall–Kier alpha value is -0.260. The predicted octanol–water partition coefficient (Wildman–Crippen LogP) is 1.75. The highest BCUT2D eigenvalue weighted by Gasteiger charge is 2.40. The summed E-state index contributed by atoms with van der Waals surface area (Å²) < 4.78 is 5.47. The number of morpholine rings is 1. The molecule has 116 valence electrons. The van der Waals surface area contributed by atoms with Gasteiger partial charge in [0.05, 0.1) is 13.2 Å². The van der Waals surface area contributed by atoms with Crippen molar-refractivity contribution in [2.45, 2.75) is 38.1 Å². The van der Waals surface area contributed by atoms with E-state index >= 15 is 0 Å². The quantitative estimate of drug-likeness (QED) is 0.811.